The molecule has 0 aromatic carbocycles. The number of aromatic nitrogens is 1. The molecule has 22 heavy (non-hydrogen) atoms. The maximum absolute atomic E-state index is 12.0. The molecule has 0 aliphatic carbocycles. The Balaban J connectivity index is 1.70. The van der Waals surface area contributed by atoms with E-state index in [-0.39, 0.29) is 6.09 Å². The van der Waals surface area contributed by atoms with Crippen LogP contribution < -0.4 is 5.32 Å². The highest BCUT2D eigenvalue weighted by atomic mass is 32.1. The van der Waals surface area contributed by atoms with Crippen molar-refractivity contribution in [2.75, 3.05) is 19.6 Å². The first-order valence-corrected chi connectivity index (χ1v) is 8.84. The molecule has 1 aromatic heterocycles. The number of rotatable bonds is 4. The van der Waals surface area contributed by atoms with Crippen LogP contribution in [0.25, 0.3) is 0 Å². The number of hydrogen-bond donors (Lipinski definition) is 1. The van der Waals surface area contributed by atoms with E-state index >= 15 is 0 Å². The Kier molecular flexibility index (Phi) is 5.81. The monoisotopic (exact) mass is 325 g/mol. The summed E-state index contributed by atoms with van der Waals surface area (Å²) in [5, 5.41) is 6.80. The molecular weight excluding hydrogens is 298 g/mol. The Morgan fingerprint density at radius 2 is 2.18 bits per heavy atom. The van der Waals surface area contributed by atoms with Crippen molar-refractivity contribution >= 4 is 17.4 Å². The number of hydrogen-bond acceptors (Lipinski definition) is 5. The van der Waals surface area contributed by atoms with Crippen LogP contribution in [0.5, 0.6) is 0 Å². The van der Waals surface area contributed by atoms with Gasteiger partial charge in [0.1, 0.15) is 5.60 Å². The maximum atomic E-state index is 12.0. The molecule has 1 unspecified atom stereocenters. The lowest BCUT2D eigenvalue weighted by Crippen LogP contribution is -2.47. The van der Waals surface area contributed by atoms with Crippen LogP contribution in [-0.2, 0) is 4.74 Å². The highest BCUT2D eigenvalue weighted by Crippen LogP contribution is 2.19. The summed E-state index contributed by atoms with van der Waals surface area (Å²) in [7, 11) is 0. The second kappa shape index (κ2) is 7.42. The summed E-state index contributed by atoms with van der Waals surface area (Å²) in [6.45, 7) is 10.4. The standard InChI is InChI=1S/C16H27N3O2S/c1-12(14-17-7-10-22-14)11-18-13-5-8-19(9-6-13)15(20)21-16(2,3)4/h7,10,12-13,18H,5-6,8-9,11H2,1-4H3. The summed E-state index contributed by atoms with van der Waals surface area (Å²) < 4.78 is 5.42. The van der Waals surface area contributed by atoms with Gasteiger partial charge in [0.05, 0.1) is 5.01 Å². The number of ether oxygens (including phenoxy) is 1. The zero-order valence-corrected chi connectivity index (χ0v) is 14.8. The first-order valence-electron chi connectivity index (χ1n) is 7.96. The van der Waals surface area contributed by atoms with Crippen LogP contribution in [-0.4, -0.2) is 47.3 Å². The Hall–Kier alpha value is -1.14. The van der Waals surface area contributed by atoms with Gasteiger partial charge in [-0.3, -0.25) is 0 Å². The topological polar surface area (TPSA) is 54.5 Å². The van der Waals surface area contributed by atoms with Crippen LogP contribution in [0.3, 0.4) is 0 Å². The number of carbonyl (C=O) groups excluding carboxylic acids is 1. The van der Waals surface area contributed by atoms with Gasteiger partial charge in [0.25, 0.3) is 0 Å². The minimum atomic E-state index is -0.421. The van der Waals surface area contributed by atoms with E-state index in [0.29, 0.717) is 12.0 Å². The molecule has 2 rings (SSSR count). The first kappa shape index (κ1) is 17.2. The van der Waals surface area contributed by atoms with Crippen LogP contribution in [0.4, 0.5) is 4.79 Å². The van der Waals surface area contributed by atoms with E-state index in [9.17, 15) is 4.79 Å². The van der Waals surface area contributed by atoms with Crippen molar-refractivity contribution in [1.82, 2.24) is 15.2 Å². The molecule has 6 heteroatoms. The summed E-state index contributed by atoms with van der Waals surface area (Å²) in [6.07, 6.45) is 3.62. The van der Waals surface area contributed by atoms with Gasteiger partial charge in [-0.1, -0.05) is 6.92 Å². The maximum Gasteiger partial charge on any atom is 0.410 e. The second-order valence-electron chi connectivity index (χ2n) is 6.92. The Morgan fingerprint density at radius 3 is 2.73 bits per heavy atom. The fraction of sp³-hybridized carbons (Fsp3) is 0.750. The van der Waals surface area contributed by atoms with E-state index in [1.54, 1.807) is 11.3 Å². The van der Waals surface area contributed by atoms with Crippen LogP contribution in [0.15, 0.2) is 11.6 Å². The number of amides is 1. The zero-order valence-electron chi connectivity index (χ0n) is 14.0. The lowest BCUT2D eigenvalue weighted by atomic mass is 10.0. The van der Waals surface area contributed by atoms with Gasteiger partial charge in [-0.05, 0) is 33.6 Å². The number of piperidine rings is 1. The summed E-state index contributed by atoms with van der Waals surface area (Å²) in [5.74, 6) is 0.434. The van der Waals surface area contributed by atoms with E-state index in [1.807, 2.05) is 37.2 Å². The summed E-state index contributed by atoms with van der Waals surface area (Å²) in [6, 6.07) is 0.473. The molecule has 0 saturated carbocycles. The third kappa shape index (κ3) is 5.25. The lowest BCUT2D eigenvalue weighted by molar-refractivity contribution is 0.0198. The first-order chi connectivity index (χ1) is 10.3. The Bertz CT molecular complexity index is 462. The number of nitrogens with one attached hydrogen (secondary N) is 1. The molecule has 0 radical (unpaired) electrons. The number of carbonyl (C=O) groups is 1. The molecule has 0 spiro atoms. The van der Waals surface area contributed by atoms with Gasteiger partial charge in [0.2, 0.25) is 0 Å². The molecule has 0 bridgehead atoms. The van der Waals surface area contributed by atoms with Crippen LogP contribution in [0.1, 0.15) is 51.5 Å². The fourth-order valence-corrected chi connectivity index (χ4v) is 3.20. The molecule has 1 aliphatic heterocycles. The summed E-state index contributed by atoms with van der Waals surface area (Å²) in [5.41, 5.74) is -0.421. The van der Waals surface area contributed by atoms with E-state index in [1.165, 1.54) is 5.01 Å². The largest absolute Gasteiger partial charge is 0.444 e. The molecule has 5 nitrogen and oxygen atoms in total. The van der Waals surface area contributed by atoms with Crippen molar-refractivity contribution in [3.05, 3.63) is 16.6 Å². The predicted molar refractivity (Wildman–Crippen MR) is 89.4 cm³/mol. The van der Waals surface area contributed by atoms with Crippen molar-refractivity contribution in [1.29, 1.82) is 0 Å². The quantitative estimate of drug-likeness (QED) is 0.923. The highest BCUT2D eigenvalue weighted by Gasteiger charge is 2.26. The van der Waals surface area contributed by atoms with Crippen molar-refractivity contribution in [2.24, 2.45) is 0 Å². The average Bonchev–Trinajstić information content (AvgIpc) is 2.97. The van der Waals surface area contributed by atoms with Gasteiger partial charge in [0, 0.05) is 43.2 Å². The molecule has 1 N–H and O–H groups in total. The van der Waals surface area contributed by atoms with Gasteiger partial charge in [-0.25, -0.2) is 9.78 Å². The molecule has 2 heterocycles. The van der Waals surface area contributed by atoms with Crippen LogP contribution in [0, 0.1) is 0 Å². The number of thiazole rings is 1. The zero-order chi connectivity index (χ0) is 16.2. The second-order valence-corrected chi connectivity index (χ2v) is 7.85. The normalized spacial score (nSPS) is 18.3. The van der Waals surface area contributed by atoms with Crippen molar-refractivity contribution < 1.29 is 9.53 Å². The van der Waals surface area contributed by atoms with E-state index in [4.69, 9.17) is 4.74 Å². The van der Waals surface area contributed by atoms with Gasteiger partial charge >= 0.3 is 6.09 Å². The van der Waals surface area contributed by atoms with Crippen LogP contribution in [0.2, 0.25) is 0 Å². The van der Waals surface area contributed by atoms with Gasteiger partial charge < -0.3 is 15.0 Å². The highest BCUT2D eigenvalue weighted by molar-refractivity contribution is 7.09. The third-order valence-corrected chi connectivity index (χ3v) is 4.74. The van der Waals surface area contributed by atoms with Gasteiger partial charge in [-0.2, -0.15) is 0 Å². The van der Waals surface area contributed by atoms with Crippen molar-refractivity contribution in [2.45, 2.75) is 58.1 Å². The third-order valence-electron chi connectivity index (χ3n) is 3.73. The molecule has 1 amide bonds. The number of likely N-dealkylation sites (tertiary alicyclic amines) is 1. The average molecular weight is 325 g/mol. The van der Waals surface area contributed by atoms with E-state index in [2.05, 4.69) is 17.2 Å². The summed E-state index contributed by atoms with van der Waals surface area (Å²) in [4.78, 5) is 18.2. The molecule has 1 aliphatic rings. The molecule has 1 aromatic rings. The molecule has 1 fully saturated rings. The predicted octanol–water partition coefficient (Wildman–Crippen LogP) is 3.24. The molecular formula is C16H27N3O2S. The smallest absolute Gasteiger partial charge is 0.410 e. The molecule has 124 valence electrons. The number of nitrogens with zero attached hydrogens (tertiary/aromatic N) is 2. The summed E-state index contributed by atoms with van der Waals surface area (Å²) >= 11 is 1.71. The minimum absolute atomic E-state index is 0.192. The van der Waals surface area contributed by atoms with E-state index in [0.717, 1.165) is 32.5 Å². The Morgan fingerprint density at radius 1 is 1.50 bits per heavy atom. The van der Waals surface area contributed by atoms with Crippen molar-refractivity contribution in [3.63, 3.8) is 0 Å². The minimum Gasteiger partial charge on any atom is -0.444 e. The lowest BCUT2D eigenvalue weighted by Gasteiger charge is -2.34. The Labute approximate surface area is 137 Å². The molecule has 1 saturated heterocycles. The van der Waals surface area contributed by atoms with E-state index < -0.39 is 5.60 Å². The van der Waals surface area contributed by atoms with Gasteiger partial charge in [-0.15, -0.1) is 11.3 Å². The van der Waals surface area contributed by atoms with Gasteiger partial charge in [0.15, 0.2) is 0 Å². The fourth-order valence-electron chi connectivity index (χ4n) is 2.50. The van der Waals surface area contributed by atoms with Crippen LogP contribution >= 0.6 is 11.3 Å². The SMILES string of the molecule is CC(CNC1CCN(C(=O)OC(C)(C)C)CC1)c1nccs1. The molecule has 1 atom stereocenters. The van der Waals surface area contributed by atoms with Crippen molar-refractivity contribution in [3.8, 4) is 0 Å².